The Labute approximate surface area is 126 Å². The maximum Gasteiger partial charge on any atom is 0.328 e. The number of methoxy groups -OCH3 is 1. The van der Waals surface area contributed by atoms with E-state index in [1.807, 2.05) is 0 Å². The van der Waals surface area contributed by atoms with Crippen LogP contribution in [0, 0.1) is 0 Å². The molecule has 20 heavy (non-hydrogen) atoms. The number of fused-ring (bicyclic) bond motifs is 1. The molecule has 1 amide bonds. The van der Waals surface area contributed by atoms with Crippen molar-refractivity contribution >= 4 is 40.8 Å². The van der Waals surface area contributed by atoms with Gasteiger partial charge in [-0.15, -0.1) is 0 Å². The van der Waals surface area contributed by atoms with Gasteiger partial charge in [0.1, 0.15) is 6.04 Å². The third kappa shape index (κ3) is 2.99. The van der Waals surface area contributed by atoms with Gasteiger partial charge in [0.05, 0.1) is 13.2 Å². The molecule has 0 aromatic heterocycles. The molecule has 0 aliphatic carbocycles. The van der Waals surface area contributed by atoms with E-state index in [0.29, 0.717) is 22.2 Å². The normalized spacial score (nSPS) is 20.6. The molecule has 1 heterocycles. The number of hydrogen-bond acceptors (Lipinski definition) is 4. The van der Waals surface area contributed by atoms with Crippen LogP contribution in [0.2, 0.25) is 10.0 Å². The van der Waals surface area contributed by atoms with Crippen molar-refractivity contribution in [1.82, 2.24) is 5.32 Å². The highest BCUT2D eigenvalue weighted by Gasteiger charge is 2.33. The maximum absolute atomic E-state index is 11.7. The zero-order valence-corrected chi connectivity index (χ0v) is 12.5. The Bertz CT molecular complexity index is 563. The topological polar surface area (TPSA) is 67.4 Å². The number of amides is 1. The highest BCUT2D eigenvalue weighted by molar-refractivity contribution is 6.35. The number of carbonyl (C=O) groups is 2. The maximum atomic E-state index is 11.7. The van der Waals surface area contributed by atoms with Gasteiger partial charge in [-0.05, 0) is 12.1 Å². The number of rotatable bonds is 2. The molecule has 0 unspecified atom stereocenters. The quantitative estimate of drug-likeness (QED) is 0.823. The number of halogens is 2. The van der Waals surface area contributed by atoms with Gasteiger partial charge in [0, 0.05) is 34.6 Å². The molecule has 0 fully saturated rings. The van der Waals surface area contributed by atoms with Crippen molar-refractivity contribution in [3.8, 4) is 0 Å². The van der Waals surface area contributed by atoms with Gasteiger partial charge in [-0.3, -0.25) is 4.79 Å². The lowest BCUT2D eigenvalue weighted by molar-refractivity contribution is -0.142. The first-order valence-electron chi connectivity index (χ1n) is 6.02. The van der Waals surface area contributed by atoms with Crippen molar-refractivity contribution in [2.75, 3.05) is 12.4 Å². The van der Waals surface area contributed by atoms with Crippen molar-refractivity contribution in [3.05, 3.63) is 27.7 Å². The number of benzene rings is 1. The first-order valence-corrected chi connectivity index (χ1v) is 6.78. The lowest BCUT2D eigenvalue weighted by Crippen LogP contribution is -2.41. The van der Waals surface area contributed by atoms with Crippen molar-refractivity contribution in [2.24, 2.45) is 0 Å². The molecular weight excluding hydrogens is 303 g/mol. The Morgan fingerprint density at radius 2 is 2.10 bits per heavy atom. The molecule has 1 aliphatic heterocycles. The van der Waals surface area contributed by atoms with Gasteiger partial charge in [-0.2, -0.15) is 0 Å². The van der Waals surface area contributed by atoms with E-state index in [-0.39, 0.29) is 11.9 Å². The van der Waals surface area contributed by atoms with Crippen LogP contribution in [0.25, 0.3) is 0 Å². The fourth-order valence-electron chi connectivity index (χ4n) is 2.33. The van der Waals surface area contributed by atoms with Crippen LogP contribution in [-0.2, 0) is 14.3 Å². The van der Waals surface area contributed by atoms with Gasteiger partial charge in [-0.25, -0.2) is 4.79 Å². The summed E-state index contributed by atoms with van der Waals surface area (Å²) in [6, 6.07) is 2.36. The minimum Gasteiger partial charge on any atom is -0.467 e. The minimum absolute atomic E-state index is 0.197. The summed E-state index contributed by atoms with van der Waals surface area (Å²) in [5.41, 5.74) is 1.36. The molecule has 0 spiro atoms. The zero-order chi connectivity index (χ0) is 14.9. The first kappa shape index (κ1) is 14.9. The summed E-state index contributed by atoms with van der Waals surface area (Å²) in [6.45, 7) is 1.42. The fourth-order valence-corrected chi connectivity index (χ4v) is 2.96. The van der Waals surface area contributed by atoms with Crippen LogP contribution in [0.5, 0.6) is 0 Å². The Hall–Kier alpha value is -1.46. The van der Waals surface area contributed by atoms with Crippen LogP contribution in [-0.4, -0.2) is 25.0 Å². The van der Waals surface area contributed by atoms with E-state index in [0.717, 1.165) is 5.56 Å². The van der Waals surface area contributed by atoms with E-state index in [1.165, 1.54) is 14.0 Å². The number of anilines is 1. The fraction of sp³-hybridized carbons (Fsp3) is 0.385. The summed E-state index contributed by atoms with van der Waals surface area (Å²) in [5.74, 6) is -0.598. The lowest BCUT2D eigenvalue weighted by atomic mass is 9.92. The summed E-state index contributed by atoms with van der Waals surface area (Å²) in [5, 5.41) is 6.73. The molecular formula is C13H14Cl2N2O3. The minimum atomic E-state index is -0.557. The van der Waals surface area contributed by atoms with E-state index >= 15 is 0 Å². The van der Waals surface area contributed by atoms with Gasteiger partial charge in [0.25, 0.3) is 0 Å². The predicted octanol–water partition coefficient (Wildman–Crippen LogP) is 2.53. The number of carbonyl (C=O) groups excluding carboxylic acids is 2. The summed E-state index contributed by atoms with van der Waals surface area (Å²) in [4.78, 5) is 23.0. The summed E-state index contributed by atoms with van der Waals surface area (Å²) in [6.07, 6.45) is 0.362. The van der Waals surface area contributed by atoms with Crippen molar-refractivity contribution < 1.29 is 14.3 Å². The van der Waals surface area contributed by atoms with Gasteiger partial charge >= 0.3 is 5.97 Å². The molecule has 2 rings (SSSR count). The largest absolute Gasteiger partial charge is 0.467 e. The molecule has 2 atom stereocenters. The first-order chi connectivity index (χ1) is 9.42. The Kier molecular flexibility index (Phi) is 4.40. The monoisotopic (exact) mass is 316 g/mol. The number of hydrogen-bond donors (Lipinski definition) is 2. The molecule has 1 aromatic rings. The summed E-state index contributed by atoms with van der Waals surface area (Å²) in [7, 11) is 1.32. The molecule has 0 bridgehead atoms. The lowest BCUT2D eigenvalue weighted by Gasteiger charge is -2.32. The van der Waals surface area contributed by atoms with Crippen LogP contribution in [0.3, 0.4) is 0 Å². The smallest absolute Gasteiger partial charge is 0.328 e. The van der Waals surface area contributed by atoms with E-state index in [9.17, 15) is 9.59 Å². The van der Waals surface area contributed by atoms with E-state index in [4.69, 9.17) is 27.9 Å². The Balaban J connectivity index is 2.43. The van der Waals surface area contributed by atoms with Crippen molar-refractivity contribution in [1.29, 1.82) is 0 Å². The molecule has 0 saturated carbocycles. The van der Waals surface area contributed by atoms with E-state index in [1.54, 1.807) is 12.1 Å². The average molecular weight is 317 g/mol. The molecule has 2 N–H and O–H groups in total. The SMILES string of the molecule is COC(=O)[C@@H]1C[C@@H](NC(C)=O)c2c(Cl)cc(Cl)cc2N1. The summed E-state index contributed by atoms with van der Waals surface area (Å²) < 4.78 is 4.74. The summed E-state index contributed by atoms with van der Waals surface area (Å²) >= 11 is 12.2. The van der Waals surface area contributed by atoms with Crippen LogP contribution < -0.4 is 10.6 Å². The van der Waals surface area contributed by atoms with Crippen molar-refractivity contribution in [2.45, 2.75) is 25.4 Å². The highest BCUT2D eigenvalue weighted by atomic mass is 35.5. The van der Waals surface area contributed by atoms with Crippen LogP contribution in [0.1, 0.15) is 24.9 Å². The third-order valence-corrected chi connectivity index (χ3v) is 3.64. The zero-order valence-electron chi connectivity index (χ0n) is 11.0. The number of nitrogens with one attached hydrogen (secondary N) is 2. The molecule has 5 nitrogen and oxygen atoms in total. The van der Waals surface area contributed by atoms with Crippen LogP contribution in [0.4, 0.5) is 5.69 Å². The Morgan fingerprint density at radius 3 is 2.70 bits per heavy atom. The molecule has 108 valence electrons. The predicted molar refractivity (Wildman–Crippen MR) is 77.1 cm³/mol. The second-order valence-electron chi connectivity index (χ2n) is 4.56. The van der Waals surface area contributed by atoms with Crippen LogP contribution in [0.15, 0.2) is 12.1 Å². The Morgan fingerprint density at radius 1 is 1.40 bits per heavy atom. The second-order valence-corrected chi connectivity index (χ2v) is 5.40. The van der Waals surface area contributed by atoms with Gasteiger partial charge in [0.15, 0.2) is 0 Å². The van der Waals surface area contributed by atoms with E-state index in [2.05, 4.69) is 10.6 Å². The number of esters is 1. The third-order valence-electron chi connectivity index (χ3n) is 3.11. The molecule has 1 aliphatic rings. The standard InChI is InChI=1S/C13H14Cl2N2O3/c1-6(18)16-10-5-11(13(19)20-2)17-9-4-7(14)3-8(15)12(9)10/h3-4,10-11,17H,5H2,1-2H3,(H,16,18)/t10-,11+/m1/s1. The molecule has 1 aromatic carbocycles. The molecule has 0 radical (unpaired) electrons. The number of ether oxygens (including phenoxy) is 1. The van der Waals surface area contributed by atoms with Gasteiger partial charge in [-0.1, -0.05) is 23.2 Å². The van der Waals surface area contributed by atoms with Crippen LogP contribution >= 0.6 is 23.2 Å². The second kappa shape index (κ2) is 5.89. The van der Waals surface area contributed by atoms with E-state index < -0.39 is 12.0 Å². The molecule has 0 saturated heterocycles. The molecule has 7 heteroatoms. The van der Waals surface area contributed by atoms with Gasteiger partial charge < -0.3 is 15.4 Å². The van der Waals surface area contributed by atoms with Gasteiger partial charge in [0.2, 0.25) is 5.91 Å². The average Bonchev–Trinajstić information content (AvgIpc) is 2.35. The highest BCUT2D eigenvalue weighted by Crippen LogP contribution is 2.39. The van der Waals surface area contributed by atoms with Crippen molar-refractivity contribution in [3.63, 3.8) is 0 Å².